The second kappa shape index (κ2) is 6.34. The number of rotatable bonds is 3. The van der Waals surface area contributed by atoms with Crippen LogP contribution in [0.2, 0.25) is 0 Å². The van der Waals surface area contributed by atoms with Gasteiger partial charge in [-0.15, -0.1) is 0 Å². The van der Waals surface area contributed by atoms with E-state index < -0.39 is 5.82 Å². The van der Waals surface area contributed by atoms with Gasteiger partial charge in [-0.05, 0) is 49.4 Å². The second-order valence-electron chi connectivity index (χ2n) is 5.68. The number of methoxy groups -OCH3 is 1. The molecule has 0 spiro atoms. The number of hydrogen-bond donors (Lipinski definition) is 0. The molecule has 0 N–H and O–H groups in total. The van der Waals surface area contributed by atoms with E-state index in [1.165, 1.54) is 12.1 Å². The monoisotopic (exact) mass is 323 g/mol. The first-order valence-electron chi connectivity index (χ1n) is 7.64. The molecule has 2 aromatic carbocycles. The Kier molecular flexibility index (Phi) is 4.24. The van der Waals surface area contributed by atoms with Crippen LogP contribution in [0.4, 0.5) is 10.1 Å². The van der Waals surface area contributed by atoms with Gasteiger partial charge in [-0.1, -0.05) is 6.07 Å². The molecule has 1 aliphatic rings. The molecule has 0 fully saturated rings. The van der Waals surface area contributed by atoms with Crippen molar-refractivity contribution in [3.63, 3.8) is 0 Å². The number of halogens is 1. The Bertz CT molecular complexity index is 823. The van der Waals surface area contributed by atoms with Gasteiger partial charge in [-0.3, -0.25) is 5.01 Å². The summed E-state index contributed by atoms with van der Waals surface area (Å²) in [5.74, 6) is 0.274. The smallest absolute Gasteiger partial charge is 0.141 e. The first-order chi connectivity index (χ1) is 11.5. The van der Waals surface area contributed by atoms with Gasteiger partial charge in [0, 0.05) is 18.7 Å². The normalized spacial score (nSPS) is 17.5. The van der Waals surface area contributed by atoms with E-state index >= 15 is 0 Å². The van der Waals surface area contributed by atoms with Crippen LogP contribution in [0.15, 0.2) is 48.5 Å². The van der Waals surface area contributed by atoms with E-state index in [2.05, 4.69) is 18.0 Å². The SMILES string of the molecule is COc1ccc(N2C(c3ccc(C#N)c(F)c3)=CC(C)N2C)cc1. The summed E-state index contributed by atoms with van der Waals surface area (Å²) in [5.41, 5.74) is 2.63. The highest BCUT2D eigenvalue weighted by molar-refractivity contribution is 5.81. The van der Waals surface area contributed by atoms with Crippen LogP contribution in [-0.4, -0.2) is 25.2 Å². The largest absolute Gasteiger partial charge is 0.497 e. The molecule has 0 saturated carbocycles. The third-order valence-corrected chi connectivity index (χ3v) is 4.23. The van der Waals surface area contributed by atoms with Crippen molar-refractivity contribution in [1.29, 1.82) is 5.26 Å². The van der Waals surface area contributed by atoms with Crippen molar-refractivity contribution in [3.8, 4) is 11.8 Å². The Morgan fingerprint density at radius 2 is 1.88 bits per heavy atom. The first kappa shape index (κ1) is 16.0. The third kappa shape index (κ3) is 2.72. The molecule has 5 heteroatoms. The maximum Gasteiger partial charge on any atom is 0.141 e. The Morgan fingerprint density at radius 1 is 1.17 bits per heavy atom. The van der Waals surface area contributed by atoms with Gasteiger partial charge in [0.1, 0.15) is 17.6 Å². The maximum absolute atomic E-state index is 14.0. The van der Waals surface area contributed by atoms with E-state index in [-0.39, 0.29) is 11.6 Å². The lowest BCUT2D eigenvalue weighted by atomic mass is 10.1. The second-order valence-corrected chi connectivity index (χ2v) is 5.68. The van der Waals surface area contributed by atoms with Gasteiger partial charge >= 0.3 is 0 Å². The lowest BCUT2D eigenvalue weighted by Crippen LogP contribution is -2.37. The Labute approximate surface area is 141 Å². The summed E-state index contributed by atoms with van der Waals surface area (Å²) in [4.78, 5) is 0. The van der Waals surface area contributed by atoms with Gasteiger partial charge < -0.3 is 4.74 Å². The molecule has 0 aromatic heterocycles. The number of likely N-dealkylation sites (N-methyl/N-ethyl adjacent to an activating group) is 1. The highest BCUT2D eigenvalue weighted by Crippen LogP contribution is 2.35. The van der Waals surface area contributed by atoms with Crippen molar-refractivity contribution in [2.45, 2.75) is 13.0 Å². The summed E-state index contributed by atoms with van der Waals surface area (Å²) in [5, 5.41) is 13.0. The van der Waals surface area contributed by atoms with E-state index in [1.54, 1.807) is 13.2 Å². The molecule has 1 aliphatic heterocycles. The molecule has 1 atom stereocenters. The van der Waals surface area contributed by atoms with Crippen LogP contribution in [0.1, 0.15) is 18.1 Å². The lowest BCUT2D eigenvalue weighted by molar-refractivity contribution is 0.325. The summed E-state index contributed by atoms with van der Waals surface area (Å²) < 4.78 is 19.2. The summed E-state index contributed by atoms with van der Waals surface area (Å²) in [7, 11) is 3.61. The summed E-state index contributed by atoms with van der Waals surface area (Å²) >= 11 is 0. The lowest BCUT2D eigenvalue weighted by Gasteiger charge is -2.32. The molecule has 24 heavy (non-hydrogen) atoms. The van der Waals surface area contributed by atoms with Gasteiger partial charge in [0.05, 0.1) is 24.1 Å². The first-order valence-corrected chi connectivity index (χ1v) is 7.64. The predicted molar refractivity (Wildman–Crippen MR) is 91.8 cm³/mol. The van der Waals surface area contributed by atoms with Crippen molar-refractivity contribution >= 4 is 11.4 Å². The topological polar surface area (TPSA) is 39.5 Å². The van der Waals surface area contributed by atoms with Gasteiger partial charge in [0.2, 0.25) is 0 Å². The molecule has 0 amide bonds. The van der Waals surface area contributed by atoms with Crippen molar-refractivity contribution in [1.82, 2.24) is 5.01 Å². The van der Waals surface area contributed by atoms with Crippen LogP contribution in [-0.2, 0) is 0 Å². The quantitative estimate of drug-likeness (QED) is 0.861. The van der Waals surface area contributed by atoms with E-state index in [4.69, 9.17) is 10.00 Å². The molecule has 122 valence electrons. The Balaban J connectivity index is 2.02. The van der Waals surface area contributed by atoms with E-state index in [0.717, 1.165) is 22.7 Å². The van der Waals surface area contributed by atoms with Crippen molar-refractivity contribution in [2.24, 2.45) is 0 Å². The van der Waals surface area contributed by atoms with Gasteiger partial charge in [0.25, 0.3) is 0 Å². The van der Waals surface area contributed by atoms with Crippen LogP contribution in [0.25, 0.3) is 5.70 Å². The van der Waals surface area contributed by atoms with Gasteiger partial charge in [0.15, 0.2) is 0 Å². The number of hydrazine groups is 1. The number of hydrogen-bond acceptors (Lipinski definition) is 4. The molecule has 1 unspecified atom stereocenters. The van der Waals surface area contributed by atoms with Crippen LogP contribution in [0.5, 0.6) is 5.75 Å². The summed E-state index contributed by atoms with van der Waals surface area (Å²) in [6.07, 6.45) is 2.07. The minimum Gasteiger partial charge on any atom is -0.497 e. The molecule has 4 nitrogen and oxygen atoms in total. The summed E-state index contributed by atoms with van der Waals surface area (Å²) in [6, 6.07) is 14.4. The predicted octanol–water partition coefficient (Wildman–Crippen LogP) is 3.80. The number of ether oxygens (including phenoxy) is 1. The van der Waals surface area contributed by atoms with Crippen LogP contribution in [0, 0.1) is 17.1 Å². The molecule has 0 aliphatic carbocycles. The molecule has 0 radical (unpaired) electrons. The highest BCUT2D eigenvalue weighted by Gasteiger charge is 2.29. The van der Waals surface area contributed by atoms with Gasteiger partial charge in [-0.25, -0.2) is 9.40 Å². The number of nitriles is 1. The number of anilines is 1. The zero-order chi connectivity index (χ0) is 17.3. The van der Waals surface area contributed by atoms with Gasteiger partial charge in [-0.2, -0.15) is 5.26 Å². The Hall–Kier alpha value is -2.84. The third-order valence-electron chi connectivity index (χ3n) is 4.23. The van der Waals surface area contributed by atoms with Crippen LogP contribution < -0.4 is 9.75 Å². The molecule has 0 saturated heterocycles. The fraction of sp³-hybridized carbons (Fsp3) is 0.211. The fourth-order valence-electron chi connectivity index (χ4n) is 2.79. The van der Waals surface area contributed by atoms with Crippen molar-refractivity contribution in [3.05, 3.63) is 65.5 Å². The maximum atomic E-state index is 14.0. The van der Waals surface area contributed by atoms with Crippen LogP contribution >= 0.6 is 0 Å². The van der Waals surface area contributed by atoms with E-state index in [1.807, 2.05) is 42.4 Å². The minimum atomic E-state index is -0.507. The highest BCUT2D eigenvalue weighted by atomic mass is 19.1. The zero-order valence-electron chi connectivity index (χ0n) is 13.8. The molecule has 1 heterocycles. The van der Waals surface area contributed by atoms with Crippen molar-refractivity contribution < 1.29 is 9.13 Å². The standard InChI is InChI=1S/C19H18FN3O/c1-13-10-19(14-4-5-15(12-21)18(20)11-14)23(22(13)2)16-6-8-17(24-3)9-7-16/h4-11,13H,1-3H3. The van der Waals surface area contributed by atoms with Crippen molar-refractivity contribution in [2.75, 3.05) is 19.2 Å². The van der Waals surface area contributed by atoms with Crippen LogP contribution in [0.3, 0.4) is 0 Å². The molecular formula is C19H18FN3O. The zero-order valence-corrected chi connectivity index (χ0v) is 13.8. The molecular weight excluding hydrogens is 305 g/mol. The Morgan fingerprint density at radius 3 is 2.46 bits per heavy atom. The molecule has 0 bridgehead atoms. The van der Waals surface area contributed by atoms with E-state index in [9.17, 15) is 4.39 Å². The average Bonchev–Trinajstić information content (AvgIpc) is 2.90. The minimum absolute atomic E-state index is 0.0507. The number of benzene rings is 2. The summed E-state index contributed by atoms with van der Waals surface area (Å²) in [6.45, 7) is 2.07. The molecule has 3 rings (SSSR count). The average molecular weight is 323 g/mol. The molecule has 2 aromatic rings. The van der Waals surface area contributed by atoms with E-state index in [0.29, 0.717) is 0 Å². The fourth-order valence-corrected chi connectivity index (χ4v) is 2.79. The number of nitrogens with zero attached hydrogens (tertiary/aromatic N) is 3.